The number of aliphatic carboxylic acids is 1. The summed E-state index contributed by atoms with van der Waals surface area (Å²) in [5.74, 6) is -3.49. The van der Waals surface area contributed by atoms with E-state index in [0.717, 1.165) is 0 Å². The van der Waals surface area contributed by atoms with Crippen molar-refractivity contribution in [3.05, 3.63) is 54.1 Å². The lowest BCUT2D eigenvalue weighted by atomic mass is 10.0. The van der Waals surface area contributed by atoms with Crippen molar-refractivity contribution in [1.82, 2.24) is 25.9 Å². The van der Waals surface area contributed by atoms with Gasteiger partial charge in [0.1, 0.15) is 12.1 Å². The van der Waals surface area contributed by atoms with Crippen LogP contribution in [0.5, 0.6) is 0 Å². The smallest absolute Gasteiger partial charge is 0.328 e. The molecule has 0 bridgehead atoms. The summed E-state index contributed by atoms with van der Waals surface area (Å²) in [7, 11) is 0. The van der Waals surface area contributed by atoms with Gasteiger partial charge < -0.3 is 36.9 Å². The zero-order valence-electron chi connectivity index (χ0n) is 19.0. The van der Waals surface area contributed by atoms with E-state index in [1.807, 2.05) is 0 Å². The number of nitrogens with one attached hydrogen (secondary N) is 4. The molecule has 0 fully saturated rings. The molecule has 35 heavy (non-hydrogen) atoms. The Morgan fingerprint density at radius 2 is 1.63 bits per heavy atom. The average Bonchev–Trinajstić information content (AvgIpc) is 3.34. The number of amides is 3. The van der Waals surface area contributed by atoms with Crippen molar-refractivity contribution in [3.8, 4) is 0 Å². The zero-order valence-corrected chi connectivity index (χ0v) is 19.9. The molecule has 1 aromatic heterocycles. The van der Waals surface area contributed by atoms with E-state index in [1.165, 1.54) is 19.4 Å². The van der Waals surface area contributed by atoms with E-state index < -0.39 is 54.0 Å². The molecular weight excluding hydrogens is 476 g/mol. The first-order valence-corrected chi connectivity index (χ1v) is 11.4. The van der Waals surface area contributed by atoms with E-state index in [9.17, 15) is 29.4 Å². The molecule has 190 valence electrons. The minimum absolute atomic E-state index is 0.0297. The molecule has 2 rings (SSSR count). The number of nitrogens with zero attached hydrogens (tertiary/aromatic N) is 1. The number of imidazole rings is 1. The van der Waals surface area contributed by atoms with Crippen LogP contribution in [-0.2, 0) is 32.0 Å². The summed E-state index contributed by atoms with van der Waals surface area (Å²) in [4.78, 5) is 56.7. The number of aliphatic hydroxyl groups is 1. The Morgan fingerprint density at radius 1 is 1.03 bits per heavy atom. The second-order valence-electron chi connectivity index (χ2n) is 7.95. The monoisotopic (exact) mass is 506 g/mol. The first-order valence-electron chi connectivity index (χ1n) is 10.8. The number of aliphatic hydroxyl groups excluding tert-OH is 1. The standard InChI is InChI=1S/C22H30N6O6S/c1-12(29)18(22(33)34)28-21(32)16(7-13-5-3-2-4-6-13)27-20(31)17(8-14-9-24-11-25-14)26-19(30)15(23)10-35/h2-6,9,11-12,15-18,29,35H,7-8,10,23H2,1H3,(H,24,25)(H,26,30)(H,27,31)(H,28,32)(H,33,34). The largest absolute Gasteiger partial charge is 0.480 e. The lowest BCUT2D eigenvalue weighted by Crippen LogP contribution is -2.59. The van der Waals surface area contributed by atoms with Crippen LogP contribution in [0, 0.1) is 0 Å². The number of carboxylic acid groups (broad SMARTS) is 1. The van der Waals surface area contributed by atoms with Gasteiger partial charge in [0.15, 0.2) is 6.04 Å². The lowest BCUT2D eigenvalue weighted by molar-refractivity contribution is -0.145. The van der Waals surface area contributed by atoms with E-state index in [0.29, 0.717) is 11.3 Å². The Morgan fingerprint density at radius 3 is 2.17 bits per heavy atom. The van der Waals surface area contributed by atoms with Crippen LogP contribution < -0.4 is 21.7 Å². The van der Waals surface area contributed by atoms with Crippen LogP contribution in [0.4, 0.5) is 0 Å². The normalized spacial score (nSPS) is 15.2. The van der Waals surface area contributed by atoms with E-state index in [1.54, 1.807) is 30.3 Å². The second-order valence-corrected chi connectivity index (χ2v) is 8.31. The fraction of sp³-hybridized carbons (Fsp3) is 0.409. The fourth-order valence-corrected chi connectivity index (χ4v) is 3.33. The molecule has 0 aliphatic carbocycles. The Hall–Kier alpha value is -3.42. The summed E-state index contributed by atoms with van der Waals surface area (Å²) in [6.07, 6.45) is 1.59. The van der Waals surface area contributed by atoms with Crippen LogP contribution in [0.1, 0.15) is 18.2 Å². The molecule has 0 saturated carbocycles. The number of H-pyrrole nitrogens is 1. The van der Waals surface area contributed by atoms with Crippen LogP contribution >= 0.6 is 12.6 Å². The number of carbonyl (C=O) groups excluding carboxylic acids is 3. The second kappa shape index (κ2) is 13.5. The third kappa shape index (κ3) is 8.70. The van der Waals surface area contributed by atoms with E-state index in [-0.39, 0.29) is 18.6 Å². The maximum absolute atomic E-state index is 13.2. The molecule has 1 heterocycles. The zero-order chi connectivity index (χ0) is 26.0. The highest BCUT2D eigenvalue weighted by molar-refractivity contribution is 7.80. The van der Waals surface area contributed by atoms with Gasteiger partial charge in [-0.05, 0) is 12.5 Å². The number of hydrogen-bond acceptors (Lipinski definition) is 8. The lowest BCUT2D eigenvalue weighted by Gasteiger charge is -2.25. The fourth-order valence-electron chi connectivity index (χ4n) is 3.16. The molecular formula is C22H30N6O6S. The Bertz CT molecular complexity index is 988. The summed E-state index contributed by atoms with van der Waals surface area (Å²) < 4.78 is 0. The van der Waals surface area contributed by atoms with Crippen LogP contribution in [0.3, 0.4) is 0 Å². The number of rotatable bonds is 13. The molecule has 0 spiro atoms. The molecule has 0 aliphatic heterocycles. The van der Waals surface area contributed by atoms with Crippen molar-refractivity contribution in [3.63, 3.8) is 0 Å². The Balaban J connectivity index is 2.27. The molecule has 5 unspecified atom stereocenters. The maximum atomic E-state index is 13.2. The number of aromatic nitrogens is 2. The molecule has 0 aliphatic rings. The molecule has 2 aromatic rings. The predicted molar refractivity (Wildman–Crippen MR) is 129 cm³/mol. The van der Waals surface area contributed by atoms with Gasteiger partial charge >= 0.3 is 5.97 Å². The summed E-state index contributed by atoms with van der Waals surface area (Å²) >= 11 is 4.00. The molecule has 8 N–H and O–H groups in total. The van der Waals surface area contributed by atoms with Crippen molar-refractivity contribution in [2.75, 3.05) is 5.75 Å². The number of hydrogen-bond donors (Lipinski definition) is 8. The first-order chi connectivity index (χ1) is 16.6. The topological polar surface area (TPSA) is 200 Å². The molecule has 1 aromatic carbocycles. The number of thiol groups is 1. The van der Waals surface area contributed by atoms with Gasteiger partial charge in [-0.1, -0.05) is 30.3 Å². The third-order valence-electron chi connectivity index (χ3n) is 5.11. The average molecular weight is 507 g/mol. The number of aromatic amines is 1. The Kier molecular flexibility index (Phi) is 10.7. The summed E-state index contributed by atoms with van der Waals surface area (Å²) in [6, 6.07) is 3.91. The van der Waals surface area contributed by atoms with Gasteiger partial charge in [0, 0.05) is 30.5 Å². The van der Waals surface area contributed by atoms with Crippen molar-refractivity contribution in [2.45, 2.75) is 50.0 Å². The van der Waals surface area contributed by atoms with E-state index in [2.05, 4.69) is 38.5 Å². The quantitative estimate of drug-likeness (QED) is 0.148. The van der Waals surface area contributed by atoms with E-state index in [4.69, 9.17) is 5.73 Å². The van der Waals surface area contributed by atoms with E-state index >= 15 is 0 Å². The molecule has 12 nitrogen and oxygen atoms in total. The maximum Gasteiger partial charge on any atom is 0.328 e. The number of benzene rings is 1. The van der Waals surface area contributed by atoms with Gasteiger partial charge in [0.05, 0.1) is 18.5 Å². The third-order valence-corrected chi connectivity index (χ3v) is 5.50. The highest BCUT2D eigenvalue weighted by Crippen LogP contribution is 2.07. The van der Waals surface area contributed by atoms with Gasteiger partial charge in [-0.15, -0.1) is 0 Å². The minimum Gasteiger partial charge on any atom is -0.480 e. The van der Waals surface area contributed by atoms with Crippen molar-refractivity contribution in [2.24, 2.45) is 5.73 Å². The summed E-state index contributed by atoms with van der Waals surface area (Å²) in [5, 5.41) is 26.4. The van der Waals surface area contributed by atoms with Gasteiger partial charge in [-0.25, -0.2) is 9.78 Å². The molecule has 3 amide bonds. The SMILES string of the molecule is CC(O)C(NC(=O)C(Cc1ccccc1)NC(=O)C(Cc1cnc[nH]1)NC(=O)C(N)CS)C(=O)O. The molecule has 5 atom stereocenters. The van der Waals surface area contributed by atoms with Gasteiger partial charge in [-0.2, -0.15) is 12.6 Å². The van der Waals surface area contributed by atoms with Crippen LogP contribution in [0.25, 0.3) is 0 Å². The highest BCUT2D eigenvalue weighted by Gasteiger charge is 2.32. The van der Waals surface area contributed by atoms with Crippen molar-refractivity contribution < 1.29 is 29.4 Å². The van der Waals surface area contributed by atoms with Gasteiger partial charge in [0.2, 0.25) is 17.7 Å². The van der Waals surface area contributed by atoms with Crippen LogP contribution in [0.15, 0.2) is 42.9 Å². The highest BCUT2D eigenvalue weighted by atomic mass is 32.1. The number of carbonyl (C=O) groups is 4. The molecule has 13 heteroatoms. The Labute approximate surface area is 207 Å². The van der Waals surface area contributed by atoms with Crippen molar-refractivity contribution in [1.29, 1.82) is 0 Å². The first kappa shape index (κ1) is 27.8. The molecule has 0 radical (unpaired) electrons. The molecule has 0 saturated heterocycles. The summed E-state index contributed by atoms with van der Waals surface area (Å²) in [6.45, 7) is 1.23. The minimum atomic E-state index is -1.58. The van der Waals surface area contributed by atoms with Crippen LogP contribution in [0.2, 0.25) is 0 Å². The number of carboxylic acids is 1. The van der Waals surface area contributed by atoms with Gasteiger partial charge in [0.25, 0.3) is 0 Å². The van der Waals surface area contributed by atoms with Gasteiger partial charge in [-0.3, -0.25) is 14.4 Å². The summed E-state index contributed by atoms with van der Waals surface area (Å²) in [5.41, 5.74) is 6.97. The van der Waals surface area contributed by atoms with Crippen molar-refractivity contribution >= 4 is 36.3 Å². The number of nitrogens with two attached hydrogens (primary N) is 1. The predicted octanol–water partition coefficient (Wildman–Crippen LogP) is -1.63. The van der Waals surface area contributed by atoms with Crippen LogP contribution in [-0.4, -0.2) is 79.9 Å².